The predicted molar refractivity (Wildman–Crippen MR) is 148 cm³/mol. The van der Waals surface area contributed by atoms with Crippen LogP contribution in [-0.2, 0) is 0 Å². The van der Waals surface area contributed by atoms with E-state index in [2.05, 4.69) is 9.97 Å². The molecule has 0 spiro atoms. The Balaban J connectivity index is 1.65. The molecular weight excluding hydrogens is 562 g/mol. The molecule has 0 aliphatic carbocycles. The summed E-state index contributed by atoms with van der Waals surface area (Å²) in [6.07, 6.45) is 1.74. The Bertz CT molecular complexity index is 1660. The van der Waals surface area contributed by atoms with Gasteiger partial charge in [-0.2, -0.15) is 4.98 Å². The van der Waals surface area contributed by atoms with Gasteiger partial charge in [0.05, 0.1) is 24.9 Å². The SMILES string of the molecule is COc1cccc(OC)c1-n1c(-c2cccc(Cl)c2)nc(O)c(C(=O)N2CCC(c3ncc(Cl)cc3F)C2)c1=O. The van der Waals surface area contributed by atoms with Crippen molar-refractivity contribution >= 4 is 29.1 Å². The molecule has 9 nitrogen and oxygen atoms in total. The lowest BCUT2D eigenvalue weighted by atomic mass is 10.0. The number of hydrogen-bond acceptors (Lipinski definition) is 7. The summed E-state index contributed by atoms with van der Waals surface area (Å²) in [5, 5.41) is 11.5. The maximum atomic E-state index is 14.5. The van der Waals surface area contributed by atoms with Gasteiger partial charge in [0.1, 0.15) is 23.0 Å². The molecule has 5 rings (SSSR count). The zero-order valence-corrected chi connectivity index (χ0v) is 22.9. The van der Waals surface area contributed by atoms with Crippen molar-refractivity contribution in [1.29, 1.82) is 0 Å². The first-order valence-electron chi connectivity index (χ1n) is 12.2. The minimum Gasteiger partial charge on any atom is -0.494 e. The number of ether oxygens (including phenoxy) is 2. The molecule has 1 atom stereocenters. The zero-order chi connectivity index (χ0) is 28.6. The molecule has 0 radical (unpaired) electrons. The lowest BCUT2D eigenvalue weighted by molar-refractivity contribution is 0.0784. The highest BCUT2D eigenvalue weighted by Crippen LogP contribution is 2.36. The number of benzene rings is 2. The van der Waals surface area contributed by atoms with Crippen LogP contribution in [0.5, 0.6) is 17.4 Å². The van der Waals surface area contributed by atoms with Gasteiger partial charge in [-0.05, 0) is 36.8 Å². The van der Waals surface area contributed by atoms with Crippen molar-refractivity contribution in [3.63, 3.8) is 0 Å². The van der Waals surface area contributed by atoms with E-state index in [1.54, 1.807) is 42.5 Å². The summed E-state index contributed by atoms with van der Waals surface area (Å²) in [7, 11) is 2.85. The summed E-state index contributed by atoms with van der Waals surface area (Å²) in [6, 6.07) is 12.6. The molecule has 1 unspecified atom stereocenters. The molecule has 2 aromatic heterocycles. The highest BCUT2D eigenvalue weighted by molar-refractivity contribution is 6.31. The van der Waals surface area contributed by atoms with Gasteiger partial charge in [0.25, 0.3) is 11.5 Å². The fourth-order valence-electron chi connectivity index (χ4n) is 4.83. The average molecular weight is 585 g/mol. The van der Waals surface area contributed by atoms with E-state index in [0.717, 1.165) is 10.6 Å². The van der Waals surface area contributed by atoms with Crippen LogP contribution in [0.3, 0.4) is 0 Å². The Labute approximate surface area is 238 Å². The Hall–Kier alpha value is -4.15. The smallest absolute Gasteiger partial charge is 0.275 e. The summed E-state index contributed by atoms with van der Waals surface area (Å²) in [5.41, 5.74) is -0.647. The first kappa shape index (κ1) is 27.4. The van der Waals surface area contributed by atoms with Crippen LogP contribution < -0.4 is 15.0 Å². The molecule has 4 aromatic rings. The van der Waals surface area contributed by atoms with Crippen LogP contribution in [0, 0.1) is 5.82 Å². The molecule has 40 heavy (non-hydrogen) atoms. The Morgan fingerprint density at radius 1 is 1.07 bits per heavy atom. The summed E-state index contributed by atoms with van der Waals surface area (Å²) >= 11 is 12.0. The third-order valence-corrected chi connectivity index (χ3v) is 7.13. The van der Waals surface area contributed by atoms with Gasteiger partial charge in [0.2, 0.25) is 5.88 Å². The zero-order valence-electron chi connectivity index (χ0n) is 21.4. The van der Waals surface area contributed by atoms with Gasteiger partial charge >= 0.3 is 0 Å². The molecule has 0 saturated carbocycles. The highest BCUT2D eigenvalue weighted by atomic mass is 35.5. The maximum Gasteiger partial charge on any atom is 0.275 e. The number of methoxy groups -OCH3 is 2. The second-order valence-electron chi connectivity index (χ2n) is 9.05. The van der Waals surface area contributed by atoms with Crippen LogP contribution in [0.15, 0.2) is 59.5 Å². The van der Waals surface area contributed by atoms with Gasteiger partial charge in [-0.15, -0.1) is 0 Å². The molecule has 1 aliphatic heterocycles. The fraction of sp³-hybridized carbons (Fsp3) is 0.214. The Morgan fingerprint density at radius 2 is 1.77 bits per heavy atom. The molecule has 12 heteroatoms. The van der Waals surface area contributed by atoms with Gasteiger partial charge < -0.3 is 19.5 Å². The van der Waals surface area contributed by atoms with Crippen LogP contribution >= 0.6 is 23.2 Å². The number of likely N-dealkylation sites (tertiary alicyclic amines) is 1. The van der Waals surface area contributed by atoms with E-state index < -0.39 is 34.6 Å². The van der Waals surface area contributed by atoms with Crippen molar-refractivity contribution in [3.05, 3.63) is 92.2 Å². The molecule has 3 heterocycles. The fourth-order valence-corrected chi connectivity index (χ4v) is 5.16. The predicted octanol–water partition coefficient (Wildman–Crippen LogP) is 5.09. The molecular formula is C28H23Cl2FN4O5. The largest absolute Gasteiger partial charge is 0.494 e. The maximum absolute atomic E-state index is 14.5. The van der Waals surface area contributed by atoms with Crippen molar-refractivity contribution in [1.82, 2.24) is 19.4 Å². The second kappa shape index (κ2) is 11.1. The van der Waals surface area contributed by atoms with Gasteiger partial charge in [0.15, 0.2) is 11.4 Å². The van der Waals surface area contributed by atoms with Crippen molar-refractivity contribution in [3.8, 4) is 34.5 Å². The van der Waals surface area contributed by atoms with Gasteiger partial charge in [0, 0.05) is 35.8 Å². The minimum atomic E-state index is -0.852. The minimum absolute atomic E-state index is 0.0103. The molecule has 1 saturated heterocycles. The van der Waals surface area contributed by atoms with E-state index in [-0.39, 0.29) is 46.8 Å². The summed E-state index contributed by atoms with van der Waals surface area (Å²) < 4.78 is 26.7. The number of nitrogens with zero attached hydrogens (tertiary/aromatic N) is 4. The number of carbonyl (C=O) groups is 1. The number of carbonyl (C=O) groups excluding carboxylic acids is 1. The number of rotatable bonds is 6. The van der Waals surface area contributed by atoms with Crippen molar-refractivity contribution in [2.75, 3.05) is 27.3 Å². The highest BCUT2D eigenvalue weighted by Gasteiger charge is 2.35. The molecule has 206 valence electrons. The first-order valence-corrected chi connectivity index (χ1v) is 12.9. The molecule has 1 fully saturated rings. The first-order chi connectivity index (χ1) is 19.2. The van der Waals surface area contributed by atoms with Crippen LogP contribution in [-0.4, -0.2) is 57.8 Å². The molecule has 2 aromatic carbocycles. The monoisotopic (exact) mass is 584 g/mol. The number of hydrogen-bond donors (Lipinski definition) is 1. The van der Waals surface area contributed by atoms with Crippen molar-refractivity contribution in [2.45, 2.75) is 12.3 Å². The Morgan fingerprint density at radius 3 is 2.42 bits per heavy atom. The molecule has 1 amide bonds. The normalized spacial score (nSPS) is 14.8. The van der Waals surface area contributed by atoms with E-state index in [4.69, 9.17) is 32.7 Å². The van der Waals surface area contributed by atoms with Crippen LogP contribution in [0.25, 0.3) is 17.1 Å². The van der Waals surface area contributed by atoms with Crippen LogP contribution in [0.1, 0.15) is 28.4 Å². The van der Waals surface area contributed by atoms with Crippen molar-refractivity contribution < 1.29 is 23.8 Å². The third-order valence-electron chi connectivity index (χ3n) is 6.68. The number of aromatic nitrogens is 3. The number of aromatic hydroxyl groups is 1. The van der Waals surface area contributed by atoms with E-state index in [1.807, 2.05) is 0 Å². The third kappa shape index (κ3) is 4.96. The van der Waals surface area contributed by atoms with Crippen LogP contribution in [0.4, 0.5) is 4.39 Å². The average Bonchev–Trinajstić information content (AvgIpc) is 3.42. The topological polar surface area (TPSA) is 107 Å². The van der Waals surface area contributed by atoms with Crippen molar-refractivity contribution in [2.24, 2.45) is 0 Å². The standard InChI is InChI=1S/C28H23Cl2FN4O5/c1-39-20-7-4-8-21(40-2)24(20)35-25(15-5-3-6-17(29)11-15)33-26(36)22(28(35)38)27(37)34-10-9-16(14-34)23-19(31)12-18(30)13-32-23/h3-8,11-13,16,36H,9-10,14H2,1-2H3. The number of pyridine rings is 1. The van der Waals surface area contributed by atoms with Gasteiger partial charge in [-0.3, -0.25) is 19.1 Å². The lowest BCUT2D eigenvalue weighted by Crippen LogP contribution is -2.36. The van der Waals surface area contributed by atoms with E-state index in [1.165, 1.54) is 25.3 Å². The number of para-hydroxylation sites is 1. The summed E-state index contributed by atoms with van der Waals surface area (Å²) in [5.74, 6) is -1.97. The second-order valence-corrected chi connectivity index (χ2v) is 9.93. The molecule has 1 aliphatic rings. The van der Waals surface area contributed by atoms with Gasteiger partial charge in [-0.1, -0.05) is 41.4 Å². The summed E-state index contributed by atoms with van der Waals surface area (Å²) in [4.78, 5) is 37.6. The lowest BCUT2D eigenvalue weighted by Gasteiger charge is -2.21. The number of halogens is 3. The van der Waals surface area contributed by atoms with E-state index >= 15 is 0 Å². The quantitative estimate of drug-likeness (QED) is 0.336. The summed E-state index contributed by atoms with van der Waals surface area (Å²) in [6.45, 7) is 0.289. The van der Waals surface area contributed by atoms with E-state index in [9.17, 15) is 19.1 Å². The Kier molecular flexibility index (Phi) is 7.64. The van der Waals surface area contributed by atoms with Gasteiger partial charge in [-0.25, -0.2) is 4.39 Å². The van der Waals surface area contributed by atoms with Crippen LogP contribution in [0.2, 0.25) is 10.0 Å². The van der Waals surface area contributed by atoms with E-state index in [0.29, 0.717) is 17.0 Å². The number of amides is 1. The molecule has 0 bridgehead atoms. The molecule has 1 N–H and O–H groups in total.